The van der Waals surface area contributed by atoms with Gasteiger partial charge in [0.1, 0.15) is 0 Å². The predicted molar refractivity (Wildman–Crippen MR) is 62.7 cm³/mol. The Kier molecular flexibility index (Phi) is 3.43. The van der Waals surface area contributed by atoms with Crippen molar-refractivity contribution in [2.45, 2.75) is 32.3 Å². The highest BCUT2D eigenvalue weighted by atomic mass is 16.5. The molecule has 0 radical (unpaired) electrons. The first-order valence-corrected chi connectivity index (χ1v) is 5.90. The molecule has 0 bridgehead atoms. The minimum atomic E-state index is -0.751. The van der Waals surface area contributed by atoms with Crippen LogP contribution in [0, 0.1) is 5.41 Å². The summed E-state index contributed by atoms with van der Waals surface area (Å²) in [7, 11) is 0. The molecule has 2 unspecified atom stereocenters. The minimum absolute atomic E-state index is 0.219. The van der Waals surface area contributed by atoms with Crippen LogP contribution >= 0.6 is 0 Å². The lowest BCUT2D eigenvalue weighted by Gasteiger charge is -2.27. The number of rotatable bonds is 4. The van der Waals surface area contributed by atoms with E-state index < -0.39 is 11.4 Å². The molecule has 1 saturated heterocycles. The van der Waals surface area contributed by atoms with Gasteiger partial charge in [-0.25, -0.2) is 0 Å². The fraction of sp³-hybridized carbons (Fsp3) is 0.538. The molecule has 0 saturated carbocycles. The Morgan fingerprint density at radius 1 is 1.65 bits per heavy atom. The maximum absolute atomic E-state index is 11.5. The zero-order valence-electron chi connectivity index (χ0n) is 9.93. The van der Waals surface area contributed by atoms with Crippen molar-refractivity contribution >= 4 is 5.97 Å². The summed E-state index contributed by atoms with van der Waals surface area (Å²) in [5.74, 6) is -0.751. The smallest absolute Gasteiger partial charge is 0.312 e. The lowest BCUT2D eigenvalue weighted by Crippen LogP contribution is -2.37. The maximum atomic E-state index is 11.5. The second-order valence-corrected chi connectivity index (χ2v) is 4.55. The Balaban J connectivity index is 2.07. The van der Waals surface area contributed by atoms with Gasteiger partial charge in [0.05, 0.1) is 11.5 Å². The van der Waals surface area contributed by atoms with Gasteiger partial charge in [-0.05, 0) is 38.3 Å². The van der Waals surface area contributed by atoms with Crippen molar-refractivity contribution < 1.29 is 14.6 Å². The topological polar surface area (TPSA) is 59.4 Å². The number of ether oxygens (including phenoxy) is 1. The molecule has 2 rings (SSSR count). The summed E-state index contributed by atoms with van der Waals surface area (Å²) in [4.78, 5) is 15.7. The van der Waals surface area contributed by atoms with E-state index in [9.17, 15) is 9.90 Å². The molecule has 1 fully saturated rings. The molecule has 17 heavy (non-hydrogen) atoms. The highest BCUT2D eigenvalue weighted by Crippen LogP contribution is 2.39. The molecular weight excluding hydrogens is 218 g/mol. The minimum Gasteiger partial charge on any atom is -0.481 e. The van der Waals surface area contributed by atoms with Crippen LogP contribution in [0.2, 0.25) is 0 Å². The van der Waals surface area contributed by atoms with E-state index in [2.05, 4.69) is 4.98 Å². The number of carboxylic acid groups (broad SMARTS) is 1. The number of carbonyl (C=O) groups is 1. The summed E-state index contributed by atoms with van der Waals surface area (Å²) in [6, 6.07) is 5.71. The van der Waals surface area contributed by atoms with E-state index in [1.807, 2.05) is 25.1 Å². The molecule has 1 aromatic heterocycles. The summed E-state index contributed by atoms with van der Waals surface area (Å²) < 4.78 is 5.42. The fourth-order valence-corrected chi connectivity index (χ4v) is 2.39. The molecule has 0 spiro atoms. The Hall–Kier alpha value is -1.42. The van der Waals surface area contributed by atoms with Crippen LogP contribution in [0.15, 0.2) is 24.4 Å². The predicted octanol–water partition coefficient (Wildman–Crippen LogP) is 1.89. The Morgan fingerprint density at radius 2 is 2.47 bits per heavy atom. The van der Waals surface area contributed by atoms with Gasteiger partial charge in [-0.15, -0.1) is 0 Å². The highest BCUT2D eigenvalue weighted by molar-refractivity contribution is 5.75. The second-order valence-electron chi connectivity index (χ2n) is 4.55. The van der Waals surface area contributed by atoms with E-state index in [0.29, 0.717) is 25.9 Å². The van der Waals surface area contributed by atoms with Crippen LogP contribution < -0.4 is 0 Å². The molecule has 92 valence electrons. The number of hydrogen-bond acceptors (Lipinski definition) is 3. The van der Waals surface area contributed by atoms with Crippen LogP contribution in [0.1, 0.15) is 25.5 Å². The van der Waals surface area contributed by atoms with Crippen molar-refractivity contribution in [3.63, 3.8) is 0 Å². The third-order valence-corrected chi connectivity index (χ3v) is 3.67. The van der Waals surface area contributed by atoms with Crippen LogP contribution in [-0.2, 0) is 16.0 Å². The van der Waals surface area contributed by atoms with Crippen molar-refractivity contribution in [3.05, 3.63) is 30.1 Å². The van der Waals surface area contributed by atoms with E-state index in [1.54, 1.807) is 6.20 Å². The Labute approximate surface area is 101 Å². The van der Waals surface area contributed by atoms with Crippen molar-refractivity contribution in [1.82, 2.24) is 4.98 Å². The van der Waals surface area contributed by atoms with Crippen LogP contribution in [-0.4, -0.2) is 28.8 Å². The van der Waals surface area contributed by atoms with Crippen LogP contribution in [0.4, 0.5) is 0 Å². The summed E-state index contributed by atoms with van der Waals surface area (Å²) in [5.41, 5.74) is 0.199. The normalized spacial score (nSPS) is 28.2. The lowest BCUT2D eigenvalue weighted by atomic mass is 9.77. The van der Waals surface area contributed by atoms with Gasteiger partial charge in [0.15, 0.2) is 0 Å². The van der Waals surface area contributed by atoms with E-state index >= 15 is 0 Å². The van der Waals surface area contributed by atoms with Crippen LogP contribution in [0.5, 0.6) is 0 Å². The summed E-state index contributed by atoms with van der Waals surface area (Å²) in [5, 5.41) is 9.41. The third-order valence-electron chi connectivity index (χ3n) is 3.67. The Morgan fingerprint density at radius 3 is 3.00 bits per heavy atom. The van der Waals surface area contributed by atoms with Crippen molar-refractivity contribution in [1.29, 1.82) is 0 Å². The second kappa shape index (κ2) is 4.84. The van der Waals surface area contributed by atoms with Crippen molar-refractivity contribution in [2.24, 2.45) is 5.41 Å². The van der Waals surface area contributed by atoms with Gasteiger partial charge >= 0.3 is 5.97 Å². The number of pyridine rings is 1. The van der Waals surface area contributed by atoms with Crippen molar-refractivity contribution in [3.8, 4) is 0 Å². The van der Waals surface area contributed by atoms with Gasteiger partial charge in [-0.2, -0.15) is 0 Å². The van der Waals surface area contributed by atoms with Crippen molar-refractivity contribution in [2.75, 3.05) is 6.61 Å². The van der Waals surface area contributed by atoms with Gasteiger partial charge in [0, 0.05) is 18.5 Å². The number of nitrogens with zero attached hydrogens (tertiary/aromatic N) is 1. The highest BCUT2D eigenvalue weighted by Gasteiger charge is 2.47. The molecular formula is C13H17NO3. The number of aliphatic carboxylic acids is 1. The zero-order valence-corrected chi connectivity index (χ0v) is 9.93. The molecule has 0 aromatic carbocycles. The lowest BCUT2D eigenvalue weighted by molar-refractivity contribution is -0.152. The van der Waals surface area contributed by atoms with Crippen LogP contribution in [0.25, 0.3) is 0 Å². The molecule has 0 amide bonds. The number of aromatic nitrogens is 1. The van der Waals surface area contributed by atoms with Crippen LogP contribution in [0.3, 0.4) is 0 Å². The molecule has 1 aliphatic heterocycles. The SMILES string of the molecule is CC1OCCC1(CCc1ccccn1)C(=O)O. The molecule has 1 N–H and O–H groups in total. The first-order valence-electron chi connectivity index (χ1n) is 5.90. The van der Waals surface area contributed by atoms with Gasteiger partial charge in [0.2, 0.25) is 0 Å². The average Bonchev–Trinajstić information content (AvgIpc) is 2.71. The first-order chi connectivity index (χ1) is 8.15. The maximum Gasteiger partial charge on any atom is 0.312 e. The fourth-order valence-electron chi connectivity index (χ4n) is 2.39. The van der Waals surface area contributed by atoms with Gasteiger partial charge in [-0.3, -0.25) is 9.78 Å². The molecule has 0 aliphatic carbocycles. The number of hydrogen-bond donors (Lipinski definition) is 1. The Bertz CT molecular complexity index is 393. The molecule has 4 heteroatoms. The average molecular weight is 235 g/mol. The molecule has 1 aliphatic rings. The summed E-state index contributed by atoms with van der Waals surface area (Å²) in [6.07, 6.45) is 3.37. The molecule has 2 atom stereocenters. The molecule has 2 heterocycles. The van der Waals surface area contributed by atoms with Gasteiger partial charge in [0.25, 0.3) is 0 Å². The first kappa shape index (κ1) is 12.0. The summed E-state index contributed by atoms with van der Waals surface area (Å²) >= 11 is 0. The van der Waals surface area contributed by atoms with Gasteiger partial charge < -0.3 is 9.84 Å². The largest absolute Gasteiger partial charge is 0.481 e. The number of carboxylic acids is 1. The standard InChI is InChI=1S/C13H17NO3/c1-10-13(12(15)16,7-9-17-10)6-5-11-4-2-3-8-14-11/h2-4,8,10H,5-7,9H2,1H3,(H,15,16). The molecule has 4 nitrogen and oxygen atoms in total. The third kappa shape index (κ3) is 2.31. The monoisotopic (exact) mass is 235 g/mol. The van der Waals surface area contributed by atoms with E-state index in [-0.39, 0.29) is 6.10 Å². The number of aryl methyl sites for hydroxylation is 1. The summed E-state index contributed by atoms with van der Waals surface area (Å²) in [6.45, 7) is 2.38. The molecule has 1 aromatic rings. The zero-order chi connectivity index (χ0) is 12.3. The van der Waals surface area contributed by atoms with E-state index in [0.717, 1.165) is 5.69 Å². The van der Waals surface area contributed by atoms with E-state index in [1.165, 1.54) is 0 Å². The quantitative estimate of drug-likeness (QED) is 0.865. The van der Waals surface area contributed by atoms with E-state index in [4.69, 9.17) is 4.74 Å². The van der Waals surface area contributed by atoms with Gasteiger partial charge in [-0.1, -0.05) is 6.07 Å².